The molecule has 1 aromatic heterocycles. The SMILES string of the molecule is CCCOc1ccc(Cl)cc1NC(=O)c1coc(CN)c1. The Morgan fingerprint density at radius 1 is 1.43 bits per heavy atom. The molecule has 1 aromatic carbocycles. The van der Waals surface area contributed by atoms with Crippen LogP contribution in [0.15, 0.2) is 34.9 Å². The van der Waals surface area contributed by atoms with Crippen LogP contribution in [0.4, 0.5) is 5.69 Å². The summed E-state index contributed by atoms with van der Waals surface area (Å²) in [7, 11) is 0. The molecule has 21 heavy (non-hydrogen) atoms. The van der Waals surface area contributed by atoms with Gasteiger partial charge in [0.1, 0.15) is 17.8 Å². The number of halogens is 1. The molecule has 3 N–H and O–H groups in total. The Labute approximate surface area is 128 Å². The molecule has 0 fully saturated rings. The molecule has 2 rings (SSSR count). The molecule has 0 spiro atoms. The molecule has 0 aliphatic rings. The zero-order valence-electron chi connectivity index (χ0n) is 11.7. The first-order chi connectivity index (χ1) is 10.1. The first kappa shape index (κ1) is 15.4. The fourth-order valence-corrected chi connectivity index (χ4v) is 1.91. The summed E-state index contributed by atoms with van der Waals surface area (Å²) in [6, 6.07) is 6.70. The topological polar surface area (TPSA) is 77.5 Å². The van der Waals surface area contributed by atoms with Gasteiger partial charge in [-0.1, -0.05) is 18.5 Å². The Hall–Kier alpha value is -1.98. The van der Waals surface area contributed by atoms with Gasteiger partial charge in [0.05, 0.1) is 24.4 Å². The third-order valence-corrected chi connectivity index (χ3v) is 3.00. The predicted molar refractivity (Wildman–Crippen MR) is 81.8 cm³/mol. The van der Waals surface area contributed by atoms with Gasteiger partial charge in [0.2, 0.25) is 0 Å². The van der Waals surface area contributed by atoms with E-state index in [2.05, 4.69) is 5.32 Å². The molecule has 0 bridgehead atoms. The molecule has 0 saturated carbocycles. The number of hydrogen-bond acceptors (Lipinski definition) is 4. The number of nitrogens with two attached hydrogens (primary N) is 1. The smallest absolute Gasteiger partial charge is 0.259 e. The summed E-state index contributed by atoms with van der Waals surface area (Å²) in [5.74, 6) is 0.827. The van der Waals surface area contributed by atoms with E-state index >= 15 is 0 Å². The normalized spacial score (nSPS) is 10.4. The lowest BCUT2D eigenvalue weighted by Gasteiger charge is -2.12. The number of anilines is 1. The third kappa shape index (κ3) is 4.00. The van der Waals surface area contributed by atoms with Gasteiger partial charge < -0.3 is 20.2 Å². The zero-order chi connectivity index (χ0) is 15.2. The monoisotopic (exact) mass is 308 g/mol. The molecular formula is C15H17ClN2O3. The van der Waals surface area contributed by atoms with Crippen LogP contribution in [0, 0.1) is 0 Å². The number of nitrogens with one attached hydrogen (secondary N) is 1. The van der Waals surface area contributed by atoms with E-state index in [1.807, 2.05) is 6.92 Å². The van der Waals surface area contributed by atoms with Crippen molar-refractivity contribution < 1.29 is 13.9 Å². The van der Waals surface area contributed by atoms with E-state index in [0.717, 1.165) is 6.42 Å². The number of furan rings is 1. The zero-order valence-corrected chi connectivity index (χ0v) is 12.4. The van der Waals surface area contributed by atoms with Crippen molar-refractivity contribution in [2.45, 2.75) is 19.9 Å². The summed E-state index contributed by atoms with van der Waals surface area (Å²) in [4.78, 5) is 12.2. The number of carbonyl (C=O) groups excluding carboxylic acids is 1. The first-order valence-electron chi connectivity index (χ1n) is 6.65. The molecule has 6 heteroatoms. The molecule has 0 radical (unpaired) electrons. The van der Waals surface area contributed by atoms with Gasteiger partial charge in [-0.25, -0.2) is 0 Å². The summed E-state index contributed by atoms with van der Waals surface area (Å²) in [6.07, 6.45) is 2.24. The highest BCUT2D eigenvalue weighted by molar-refractivity contribution is 6.31. The van der Waals surface area contributed by atoms with Crippen molar-refractivity contribution in [3.63, 3.8) is 0 Å². The van der Waals surface area contributed by atoms with Crippen LogP contribution in [0.2, 0.25) is 5.02 Å². The standard InChI is InChI=1S/C15H17ClN2O3/c1-2-5-20-14-4-3-11(16)7-13(14)18-15(19)10-6-12(8-17)21-9-10/h3-4,6-7,9H,2,5,8,17H2,1H3,(H,18,19). The first-order valence-corrected chi connectivity index (χ1v) is 7.03. The van der Waals surface area contributed by atoms with Crippen LogP contribution in [0.5, 0.6) is 5.75 Å². The second kappa shape index (κ2) is 7.15. The molecular weight excluding hydrogens is 292 g/mol. The van der Waals surface area contributed by atoms with Gasteiger partial charge in [-0.2, -0.15) is 0 Å². The highest BCUT2D eigenvalue weighted by Crippen LogP contribution is 2.28. The molecule has 2 aromatic rings. The van der Waals surface area contributed by atoms with Crippen LogP contribution in [0.1, 0.15) is 29.5 Å². The maximum absolute atomic E-state index is 12.2. The van der Waals surface area contributed by atoms with Crippen molar-refractivity contribution in [3.8, 4) is 5.75 Å². The highest BCUT2D eigenvalue weighted by Gasteiger charge is 2.13. The van der Waals surface area contributed by atoms with Gasteiger partial charge >= 0.3 is 0 Å². The van der Waals surface area contributed by atoms with Gasteiger partial charge in [0.25, 0.3) is 5.91 Å². The second-order valence-corrected chi connectivity index (χ2v) is 4.89. The Bertz CT molecular complexity index is 625. The second-order valence-electron chi connectivity index (χ2n) is 4.45. The van der Waals surface area contributed by atoms with Gasteiger partial charge in [-0.3, -0.25) is 4.79 Å². The van der Waals surface area contributed by atoms with Crippen LogP contribution in [0.3, 0.4) is 0 Å². The number of amides is 1. The minimum absolute atomic E-state index is 0.245. The van der Waals surface area contributed by atoms with Crippen LogP contribution >= 0.6 is 11.6 Å². The van der Waals surface area contributed by atoms with Gasteiger partial charge in [-0.15, -0.1) is 0 Å². The lowest BCUT2D eigenvalue weighted by molar-refractivity contribution is 0.102. The largest absolute Gasteiger partial charge is 0.491 e. The quantitative estimate of drug-likeness (QED) is 0.857. The van der Waals surface area contributed by atoms with E-state index in [4.69, 9.17) is 26.5 Å². The summed E-state index contributed by atoms with van der Waals surface area (Å²) < 4.78 is 10.7. The van der Waals surface area contributed by atoms with Crippen molar-refractivity contribution in [1.29, 1.82) is 0 Å². The van der Waals surface area contributed by atoms with Crippen molar-refractivity contribution in [2.75, 3.05) is 11.9 Å². The fraction of sp³-hybridized carbons (Fsp3) is 0.267. The molecule has 1 amide bonds. The van der Waals surface area contributed by atoms with Crippen LogP contribution < -0.4 is 15.8 Å². The number of ether oxygens (including phenoxy) is 1. The molecule has 0 aliphatic carbocycles. The third-order valence-electron chi connectivity index (χ3n) is 2.77. The Kier molecular flexibility index (Phi) is 5.25. The average molecular weight is 309 g/mol. The molecule has 1 heterocycles. The van der Waals surface area contributed by atoms with E-state index in [1.54, 1.807) is 24.3 Å². The predicted octanol–water partition coefficient (Wildman–Crippen LogP) is 3.43. The molecule has 0 atom stereocenters. The van der Waals surface area contributed by atoms with Crippen molar-refractivity contribution in [1.82, 2.24) is 0 Å². The van der Waals surface area contributed by atoms with Crippen LogP contribution in [-0.2, 0) is 6.54 Å². The summed E-state index contributed by atoms with van der Waals surface area (Å²) >= 11 is 5.96. The maximum atomic E-state index is 12.2. The number of hydrogen-bond donors (Lipinski definition) is 2. The Morgan fingerprint density at radius 3 is 2.90 bits per heavy atom. The Morgan fingerprint density at radius 2 is 2.24 bits per heavy atom. The van der Waals surface area contributed by atoms with E-state index in [0.29, 0.717) is 34.4 Å². The minimum atomic E-state index is -0.304. The molecule has 5 nitrogen and oxygen atoms in total. The van der Waals surface area contributed by atoms with E-state index in [1.165, 1.54) is 6.26 Å². The van der Waals surface area contributed by atoms with E-state index < -0.39 is 0 Å². The van der Waals surface area contributed by atoms with Crippen molar-refractivity contribution in [3.05, 3.63) is 46.9 Å². The molecule has 0 unspecified atom stereocenters. The lowest BCUT2D eigenvalue weighted by atomic mass is 10.2. The molecule has 0 saturated heterocycles. The summed E-state index contributed by atoms with van der Waals surface area (Å²) in [5.41, 5.74) is 6.38. The van der Waals surface area contributed by atoms with Gasteiger partial charge in [0, 0.05) is 5.02 Å². The van der Waals surface area contributed by atoms with Crippen molar-refractivity contribution >= 4 is 23.2 Å². The highest BCUT2D eigenvalue weighted by atomic mass is 35.5. The number of carbonyl (C=O) groups is 1. The lowest BCUT2D eigenvalue weighted by Crippen LogP contribution is -2.12. The van der Waals surface area contributed by atoms with Crippen molar-refractivity contribution in [2.24, 2.45) is 5.73 Å². The van der Waals surface area contributed by atoms with Crippen LogP contribution in [-0.4, -0.2) is 12.5 Å². The van der Waals surface area contributed by atoms with E-state index in [-0.39, 0.29) is 12.5 Å². The number of benzene rings is 1. The van der Waals surface area contributed by atoms with Crippen LogP contribution in [0.25, 0.3) is 0 Å². The van der Waals surface area contributed by atoms with Gasteiger partial charge in [-0.05, 0) is 30.7 Å². The van der Waals surface area contributed by atoms with Gasteiger partial charge in [0.15, 0.2) is 0 Å². The minimum Gasteiger partial charge on any atom is -0.491 e. The van der Waals surface area contributed by atoms with E-state index in [9.17, 15) is 4.79 Å². The Balaban J connectivity index is 2.17. The maximum Gasteiger partial charge on any atom is 0.259 e. The molecule has 0 aliphatic heterocycles. The average Bonchev–Trinajstić information content (AvgIpc) is 2.95. The summed E-state index contributed by atoms with van der Waals surface area (Å²) in [5, 5.41) is 3.28. The summed E-state index contributed by atoms with van der Waals surface area (Å²) in [6.45, 7) is 2.82. The number of rotatable bonds is 6. The fourth-order valence-electron chi connectivity index (χ4n) is 1.74. The molecule has 112 valence electrons.